The number of hydrogen-bond acceptors (Lipinski definition) is 7. The fraction of sp³-hybridized carbons (Fsp3) is 0.381. The molecular weight excluding hydrogens is 435 g/mol. The predicted octanol–water partition coefficient (Wildman–Crippen LogP) is 0.0418. The Morgan fingerprint density at radius 1 is 1.27 bits per heavy atom. The Balaban J connectivity index is 1.53. The lowest BCUT2D eigenvalue weighted by Gasteiger charge is -2.37. The van der Waals surface area contributed by atoms with Gasteiger partial charge in [0.1, 0.15) is 11.4 Å². The lowest BCUT2D eigenvalue weighted by atomic mass is 9.88. The number of hydrogen-bond donors (Lipinski definition) is 4. The van der Waals surface area contributed by atoms with E-state index in [9.17, 15) is 28.7 Å². The molecule has 0 bridgehead atoms. The quantitative estimate of drug-likeness (QED) is 0.473. The number of anilines is 1. The van der Waals surface area contributed by atoms with Gasteiger partial charge in [0.05, 0.1) is 0 Å². The molecule has 11 nitrogen and oxygen atoms in total. The van der Waals surface area contributed by atoms with E-state index in [2.05, 4.69) is 20.9 Å². The number of amides is 4. The summed E-state index contributed by atoms with van der Waals surface area (Å²) in [6.45, 7) is 2.22. The van der Waals surface area contributed by atoms with E-state index in [1.165, 1.54) is 19.2 Å². The van der Waals surface area contributed by atoms with Crippen molar-refractivity contribution >= 4 is 23.8 Å². The summed E-state index contributed by atoms with van der Waals surface area (Å²) in [4.78, 5) is 54.9. The first-order valence-corrected chi connectivity index (χ1v) is 10.3. The highest BCUT2D eigenvalue weighted by Gasteiger charge is 2.48. The van der Waals surface area contributed by atoms with Gasteiger partial charge in [-0.3, -0.25) is 24.3 Å². The Hall–Kier alpha value is -3.96. The molecule has 33 heavy (non-hydrogen) atoms. The van der Waals surface area contributed by atoms with E-state index in [4.69, 9.17) is 0 Å². The number of imide groups is 1. The first kappa shape index (κ1) is 22.2. The molecule has 174 valence electrons. The average Bonchev–Trinajstić information content (AvgIpc) is 3.06. The SMILES string of the molecule is Cc1cc(CNC(=O)c2nc(N3CCC4(CC3)NC(=O)NC4=O)n(C)c(=O)c2O)ccc1F. The molecule has 0 unspecified atom stereocenters. The van der Waals surface area contributed by atoms with Gasteiger partial charge < -0.3 is 20.6 Å². The normalized spacial score (nSPS) is 17.1. The fourth-order valence-electron chi connectivity index (χ4n) is 4.07. The number of nitrogens with zero attached hydrogens (tertiary/aromatic N) is 3. The summed E-state index contributed by atoms with van der Waals surface area (Å²) in [7, 11) is 1.42. The molecule has 0 atom stereocenters. The van der Waals surface area contributed by atoms with Crippen molar-refractivity contribution in [2.24, 2.45) is 7.05 Å². The number of benzene rings is 1. The lowest BCUT2D eigenvalue weighted by Crippen LogP contribution is -2.55. The number of carbonyl (C=O) groups excluding carboxylic acids is 3. The Morgan fingerprint density at radius 3 is 2.58 bits per heavy atom. The third-order valence-electron chi connectivity index (χ3n) is 6.05. The average molecular weight is 458 g/mol. The molecule has 4 N–H and O–H groups in total. The van der Waals surface area contributed by atoms with Crippen LogP contribution in [0.3, 0.4) is 0 Å². The molecule has 3 heterocycles. The van der Waals surface area contributed by atoms with E-state index in [1.54, 1.807) is 17.9 Å². The summed E-state index contributed by atoms with van der Waals surface area (Å²) in [6.07, 6.45) is 0.569. The zero-order chi connectivity index (χ0) is 23.9. The van der Waals surface area contributed by atoms with Crippen molar-refractivity contribution < 1.29 is 23.9 Å². The summed E-state index contributed by atoms with van der Waals surface area (Å²) >= 11 is 0. The fourth-order valence-corrected chi connectivity index (χ4v) is 4.07. The monoisotopic (exact) mass is 458 g/mol. The van der Waals surface area contributed by atoms with Crippen molar-refractivity contribution in [3.8, 4) is 5.75 Å². The van der Waals surface area contributed by atoms with Crippen molar-refractivity contribution in [2.45, 2.75) is 31.8 Å². The van der Waals surface area contributed by atoms with E-state index in [-0.39, 0.29) is 44.2 Å². The standard InChI is InChI=1S/C21H23FN6O5/c1-11-9-12(3-4-13(11)22)10-23-16(30)14-15(29)17(31)27(2)20(24-14)28-7-5-21(6-8-28)18(32)25-19(33)26-21/h3-4,9,29H,5-8,10H2,1-2H3,(H,23,30)(H2,25,26,32,33). The highest BCUT2D eigenvalue weighted by atomic mass is 19.1. The van der Waals surface area contributed by atoms with E-state index < -0.39 is 40.4 Å². The molecule has 4 amide bonds. The van der Waals surface area contributed by atoms with E-state index in [1.807, 2.05) is 0 Å². The summed E-state index contributed by atoms with van der Waals surface area (Å²) in [5.74, 6) is -2.15. The topological polar surface area (TPSA) is 146 Å². The minimum absolute atomic E-state index is 0.0483. The molecule has 2 fully saturated rings. The molecule has 0 saturated carbocycles. The predicted molar refractivity (Wildman–Crippen MR) is 114 cm³/mol. The second kappa shape index (κ2) is 8.19. The molecule has 2 saturated heterocycles. The molecule has 4 rings (SSSR count). The number of aromatic hydroxyl groups is 1. The summed E-state index contributed by atoms with van der Waals surface area (Å²) in [5.41, 5.74) is -1.16. The van der Waals surface area contributed by atoms with Gasteiger partial charge in [-0.25, -0.2) is 14.2 Å². The van der Waals surface area contributed by atoms with Crippen LogP contribution in [-0.4, -0.2) is 51.1 Å². The maximum Gasteiger partial charge on any atom is 0.322 e. The zero-order valence-electron chi connectivity index (χ0n) is 18.1. The van der Waals surface area contributed by atoms with Gasteiger partial charge in [0.25, 0.3) is 17.4 Å². The van der Waals surface area contributed by atoms with Gasteiger partial charge in [-0.2, -0.15) is 0 Å². The van der Waals surface area contributed by atoms with Crippen molar-refractivity contribution in [3.63, 3.8) is 0 Å². The summed E-state index contributed by atoms with van der Waals surface area (Å²) < 4.78 is 14.6. The Bertz CT molecular complexity index is 1220. The second-order valence-corrected chi connectivity index (χ2v) is 8.22. The molecule has 0 radical (unpaired) electrons. The number of nitrogens with one attached hydrogen (secondary N) is 3. The maximum atomic E-state index is 13.4. The number of rotatable bonds is 4. The van der Waals surface area contributed by atoms with Crippen LogP contribution < -0.4 is 26.4 Å². The van der Waals surface area contributed by atoms with Crippen molar-refractivity contribution in [3.05, 3.63) is 51.2 Å². The van der Waals surface area contributed by atoms with Crippen LogP contribution in [0.15, 0.2) is 23.0 Å². The van der Waals surface area contributed by atoms with E-state index >= 15 is 0 Å². The molecule has 0 aliphatic carbocycles. The highest BCUT2D eigenvalue weighted by Crippen LogP contribution is 2.28. The van der Waals surface area contributed by atoms with Crippen molar-refractivity contribution in [1.82, 2.24) is 25.5 Å². The van der Waals surface area contributed by atoms with E-state index in [0.29, 0.717) is 11.1 Å². The van der Waals surface area contributed by atoms with Gasteiger partial charge in [0.2, 0.25) is 11.7 Å². The third kappa shape index (κ3) is 3.99. The molecule has 1 aromatic carbocycles. The smallest absolute Gasteiger partial charge is 0.322 e. The van der Waals surface area contributed by atoms with Gasteiger partial charge in [-0.15, -0.1) is 0 Å². The maximum absolute atomic E-state index is 13.4. The second-order valence-electron chi connectivity index (χ2n) is 8.22. The molecule has 1 spiro atoms. The Morgan fingerprint density at radius 2 is 1.97 bits per heavy atom. The summed E-state index contributed by atoms with van der Waals surface area (Å²) in [6, 6.07) is 3.85. The number of piperidine rings is 1. The first-order chi connectivity index (χ1) is 15.6. The van der Waals surface area contributed by atoms with Crippen LogP contribution in [0.4, 0.5) is 15.1 Å². The number of aromatic nitrogens is 2. The number of aryl methyl sites for hydroxylation is 1. The highest BCUT2D eigenvalue weighted by molar-refractivity contribution is 6.07. The van der Waals surface area contributed by atoms with Crippen LogP contribution in [-0.2, 0) is 18.4 Å². The van der Waals surface area contributed by atoms with Crippen LogP contribution in [0.1, 0.15) is 34.5 Å². The molecule has 1 aromatic heterocycles. The van der Waals surface area contributed by atoms with Crippen LogP contribution in [0.2, 0.25) is 0 Å². The number of carbonyl (C=O) groups is 3. The van der Waals surface area contributed by atoms with E-state index in [0.717, 1.165) is 4.57 Å². The lowest BCUT2D eigenvalue weighted by molar-refractivity contribution is -0.124. The van der Waals surface area contributed by atoms with Crippen LogP contribution in [0.5, 0.6) is 5.75 Å². The van der Waals surface area contributed by atoms with Crippen LogP contribution >= 0.6 is 0 Å². The molecule has 2 aliphatic heterocycles. The van der Waals surface area contributed by atoms with Crippen molar-refractivity contribution in [2.75, 3.05) is 18.0 Å². The zero-order valence-corrected chi connectivity index (χ0v) is 18.1. The number of urea groups is 1. The van der Waals surface area contributed by atoms with Crippen molar-refractivity contribution in [1.29, 1.82) is 0 Å². The van der Waals surface area contributed by atoms with Gasteiger partial charge in [-0.05, 0) is 37.0 Å². The molecule has 2 aliphatic rings. The largest absolute Gasteiger partial charge is 0.501 e. The molecule has 2 aromatic rings. The summed E-state index contributed by atoms with van der Waals surface area (Å²) in [5, 5.41) is 17.7. The molecular formula is C21H23FN6O5. The van der Waals surface area contributed by atoms with Crippen LogP contribution in [0.25, 0.3) is 0 Å². The van der Waals surface area contributed by atoms with Gasteiger partial charge in [0.15, 0.2) is 5.69 Å². The number of halogens is 1. The van der Waals surface area contributed by atoms with Crippen LogP contribution in [0, 0.1) is 12.7 Å². The van der Waals surface area contributed by atoms with Gasteiger partial charge in [-0.1, -0.05) is 12.1 Å². The first-order valence-electron chi connectivity index (χ1n) is 10.3. The van der Waals surface area contributed by atoms with Gasteiger partial charge >= 0.3 is 6.03 Å². The third-order valence-corrected chi connectivity index (χ3v) is 6.05. The Kier molecular flexibility index (Phi) is 5.52. The van der Waals surface area contributed by atoms with Gasteiger partial charge in [0, 0.05) is 26.7 Å². The Labute approximate surface area is 187 Å². The minimum atomic E-state index is -1.00. The minimum Gasteiger partial charge on any atom is -0.501 e. The molecule has 12 heteroatoms.